The lowest BCUT2D eigenvalue weighted by molar-refractivity contribution is -0.0498. The molecule has 3 rings (SSSR count). The van der Waals surface area contributed by atoms with Crippen molar-refractivity contribution in [1.29, 1.82) is 0 Å². The van der Waals surface area contributed by atoms with Crippen LogP contribution in [0.4, 0.5) is 14.5 Å². The fourth-order valence-electron chi connectivity index (χ4n) is 1.97. The number of carbonyl (C=O) groups excluding carboxylic acids is 1. The van der Waals surface area contributed by atoms with Crippen molar-refractivity contribution in [2.75, 3.05) is 5.32 Å². The third-order valence-electron chi connectivity index (χ3n) is 3.05. The lowest BCUT2D eigenvalue weighted by atomic mass is 10.3. The van der Waals surface area contributed by atoms with Crippen molar-refractivity contribution in [3.05, 3.63) is 66.5 Å². The standard InChI is InChI=1S/C16H12F2N4O2/c17-16(18)24-13-8-6-11(7-9-13)20-15(23)14-10-19-22(21-14)12-4-2-1-3-5-12/h1-10,16H,(H,20,23). The van der Waals surface area contributed by atoms with Crippen molar-refractivity contribution in [2.24, 2.45) is 0 Å². The Balaban J connectivity index is 1.68. The normalized spacial score (nSPS) is 10.6. The maximum atomic E-state index is 12.1. The summed E-state index contributed by atoms with van der Waals surface area (Å²) in [4.78, 5) is 13.5. The summed E-state index contributed by atoms with van der Waals surface area (Å²) < 4.78 is 28.4. The van der Waals surface area contributed by atoms with E-state index >= 15 is 0 Å². The number of benzene rings is 2. The third-order valence-corrected chi connectivity index (χ3v) is 3.05. The van der Waals surface area contributed by atoms with Crippen LogP contribution >= 0.6 is 0 Å². The Bertz CT molecular complexity index is 820. The van der Waals surface area contributed by atoms with Crippen LogP contribution in [0, 0.1) is 0 Å². The minimum absolute atomic E-state index is 0.0121. The van der Waals surface area contributed by atoms with Gasteiger partial charge in [-0.2, -0.15) is 18.7 Å². The van der Waals surface area contributed by atoms with Crippen LogP contribution in [0.15, 0.2) is 60.8 Å². The number of hydrogen-bond donors (Lipinski definition) is 1. The Hall–Kier alpha value is -3.29. The average molecular weight is 330 g/mol. The molecule has 1 aromatic heterocycles. The van der Waals surface area contributed by atoms with Gasteiger partial charge in [0.1, 0.15) is 5.75 Å². The first-order chi connectivity index (χ1) is 11.6. The van der Waals surface area contributed by atoms with Crippen LogP contribution in [0.1, 0.15) is 10.5 Å². The van der Waals surface area contributed by atoms with Gasteiger partial charge in [0.2, 0.25) is 0 Å². The third kappa shape index (κ3) is 3.72. The van der Waals surface area contributed by atoms with E-state index in [1.807, 2.05) is 30.3 Å². The van der Waals surface area contributed by atoms with Crippen molar-refractivity contribution < 1.29 is 18.3 Å². The van der Waals surface area contributed by atoms with E-state index in [0.29, 0.717) is 5.69 Å². The smallest absolute Gasteiger partial charge is 0.387 e. The molecule has 0 spiro atoms. The summed E-state index contributed by atoms with van der Waals surface area (Å²) in [5.41, 5.74) is 1.28. The van der Waals surface area contributed by atoms with Crippen molar-refractivity contribution in [3.63, 3.8) is 0 Å². The first-order valence-corrected chi connectivity index (χ1v) is 6.96. The molecule has 0 aliphatic rings. The van der Waals surface area contributed by atoms with Crippen LogP contribution in [0.5, 0.6) is 5.75 Å². The fraction of sp³-hybridized carbons (Fsp3) is 0.0625. The van der Waals surface area contributed by atoms with Gasteiger partial charge in [-0.05, 0) is 36.4 Å². The highest BCUT2D eigenvalue weighted by Crippen LogP contribution is 2.18. The number of carbonyl (C=O) groups is 1. The second kappa shape index (κ2) is 6.86. The maximum absolute atomic E-state index is 12.1. The quantitative estimate of drug-likeness (QED) is 0.780. The summed E-state index contributed by atoms with van der Waals surface area (Å²) in [6.45, 7) is -2.89. The number of para-hydroxylation sites is 1. The minimum Gasteiger partial charge on any atom is -0.435 e. The summed E-state index contributed by atoms with van der Waals surface area (Å²) in [6, 6.07) is 14.7. The molecule has 0 saturated carbocycles. The fourth-order valence-corrected chi connectivity index (χ4v) is 1.97. The Morgan fingerprint density at radius 2 is 1.79 bits per heavy atom. The van der Waals surface area contributed by atoms with Gasteiger partial charge in [0.15, 0.2) is 5.69 Å². The zero-order valence-corrected chi connectivity index (χ0v) is 12.3. The topological polar surface area (TPSA) is 69.0 Å². The van der Waals surface area contributed by atoms with Crippen LogP contribution in [0.2, 0.25) is 0 Å². The van der Waals surface area contributed by atoms with Crippen molar-refractivity contribution >= 4 is 11.6 Å². The number of aromatic nitrogens is 3. The van der Waals surface area contributed by atoms with Gasteiger partial charge in [0.25, 0.3) is 5.91 Å². The molecule has 24 heavy (non-hydrogen) atoms. The second-order valence-corrected chi connectivity index (χ2v) is 4.71. The van der Waals surface area contributed by atoms with Gasteiger partial charge in [-0.1, -0.05) is 18.2 Å². The monoisotopic (exact) mass is 330 g/mol. The molecule has 0 saturated heterocycles. The molecule has 3 aromatic rings. The van der Waals surface area contributed by atoms with Crippen LogP contribution in [0.3, 0.4) is 0 Å². The number of nitrogens with one attached hydrogen (secondary N) is 1. The summed E-state index contributed by atoms with van der Waals surface area (Å²) in [5, 5.41) is 10.7. The van der Waals surface area contributed by atoms with Gasteiger partial charge in [-0.15, -0.1) is 5.10 Å². The summed E-state index contributed by atoms with van der Waals surface area (Å²) in [7, 11) is 0. The maximum Gasteiger partial charge on any atom is 0.387 e. The van der Waals surface area contributed by atoms with E-state index in [-0.39, 0.29) is 11.4 Å². The number of amides is 1. The van der Waals surface area contributed by atoms with Crippen LogP contribution < -0.4 is 10.1 Å². The van der Waals surface area contributed by atoms with E-state index in [2.05, 4.69) is 20.3 Å². The lowest BCUT2D eigenvalue weighted by Gasteiger charge is -2.06. The van der Waals surface area contributed by atoms with E-state index in [1.165, 1.54) is 35.3 Å². The van der Waals surface area contributed by atoms with Gasteiger partial charge in [0.05, 0.1) is 11.9 Å². The lowest BCUT2D eigenvalue weighted by Crippen LogP contribution is -2.13. The SMILES string of the molecule is O=C(Nc1ccc(OC(F)F)cc1)c1cnn(-c2ccccc2)n1. The van der Waals surface area contributed by atoms with Gasteiger partial charge >= 0.3 is 6.61 Å². The highest BCUT2D eigenvalue weighted by atomic mass is 19.3. The van der Waals surface area contributed by atoms with Crippen molar-refractivity contribution in [2.45, 2.75) is 6.61 Å². The molecule has 0 aliphatic carbocycles. The minimum atomic E-state index is -2.89. The predicted molar refractivity (Wildman–Crippen MR) is 82.4 cm³/mol. The molecule has 1 N–H and O–H groups in total. The number of halogens is 2. The molecule has 8 heteroatoms. The molecule has 0 radical (unpaired) electrons. The molecule has 122 valence electrons. The van der Waals surface area contributed by atoms with Crippen LogP contribution in [-0.4, -0.2) is 27.5 Å². The zero-order valence-electron chi connectivity index (χ0n) is 12.3. The van der Waals surface area contributed by atoms with E-state index in [1.54, 1.807) is 0 Å². The van der Waals surface area contributed by atoms with E-state index in [9.17, 15) is 13.6 Å². The number of alkyl halides is 2. The Labute approximate surface area is 135 Å². The molecular weight excluding hydrogens is 318 g/mol. The van der Waals surface area contributed by atoms with Crippen LogP contribution in [0.25, 0.3) is 5.69 Å². The van der Waals surface area contributed by atoms with Crippen molar-refractivity contribution in [1.82, 2.24) is 15.0 Å². The van der Waals surface area contributed by atoms with Gasteiger partial charge < -0.3 is 10.1 Å². The molecule has 0 unspecified atom stereocenters. The Kier molecular flexibility index (Phi) is 4.46. The molecule has 0 aliphatic heterocycles. The number of rotatable bonds is 5. The van der Waals surface area contributed by atoms with Crippen LogP contribution in [-0.2, 0) is 0 Å². The summed E-state index contributed by atoms with van der Waals surface area (Å²) >= 11 is 0. The molecule has 0 atom stereocenters. The van der Waals surface area contributed by atoms with Crippen molar-refractivity contribution in [3.8, 4) is 11.4 Å². The average Bonchev–Trinajstić information content (AvgIpc) is 3.07. The number of hydrogen-bond acceptors (Lipinski definition) is 4. The van der Waals surface area contributed by atoms with Gasteiger partial charge in [-0.25, -0.2) is 0 Å². The second-order valence-electron chi connectivity index (χ2n) is 4.71. The Morgan fingerprint density at radius 1 is 1.08 bits per heavy atom. The number of anilines is 1. The summed E-state index contributed by atoms with van der Waals surface area (Å²) in [5.74, 6) is -0.447. The number of nitrogens with zero attached hydrogens (tertiary/aromatic N) is 3. The first kappa shape index (κ1) is 15.6. The Morgan fingerprint density at radius 3 is 2.46 bits per heavy atom. The zero-order chi connectivity index (χ0) is 16.9. The first-order valence-electron chi connectivity index (χ1n) is 6.96. The van der Waals surface area contributed by atoms with Gasteiger partial charge in [-0.3, -0.25) is 4.79 Å². The molecule has 6 nitrogen and oxygen atoms in total. The van der Waals surface area contributed by atoms with Gasteiger partial charge in [0, 0.05) is 5.69 Å². The highest BCUT2D eigenvalue weighted by Gasteiger charge is 2.12. The summed E-state index contributed by atoms with van der Waals surface area (Å²) in [6.07, 6.45) is 1.34. The molecule has 0 bridgehead atoms. The molecular formula is C16H12F2N4O2. The number of ether oxygens (including phenoxy) is 1. The highest BCUT2D eigenvalue weighted by molar-refractivity contribution is 6.02. The molecule has 1 amide bonds. The molecule has 0 fully saturated rings. The molecule has 1 heterocycles. The molecule has 2 aromatic carbocycles. The largest absolute Gasteiger partial charge is 0.435 e. The van der Waals surface area contributed by atoms with E-state index in [0.717, 1.165) is 5.69 Å². The van der Waals surface area contributed by atoms with E-state index in [4.69, 9.17) is 0 Å². The van der Waals surface area contributed by atoms with E-state index < -0.39 is 12.5 Å². The predicted octanol–water partition coefficient (Wildman–Crippen LogP) is 3.12.